The van der Waals surface area contributed by atoms with Crippen LogP contribution in [0.25, 0.3) is 10.2 Å². The quantitative estimate of drug-likeness (QED) is 0.714. The highest BCUT2D eigenvalue weighted by Crippen LogP contribution is 2.37. The molecule has 148 valence electrons. The lowest BCUT2D eigenvalue weighted by Crippen LogP contribution is -2.28. The molecular formula is C21H19N3O4S. The highest BCUT2D eigenvalue weighted by molar-refractivity contribution is 7.22. The molecule has 0 saturated carbocycles. The largest absolute Gasteiger partial charge is 0.454 e. The van der Waals surface area contributed by atoms with Crippen LogP contribution in [0, 0.1) is 19.8 Å². The van der Waals surface area contributed by atoms with Crippen LogP contribution in [-0.4, -0.2) is 30.1 Å². The summed E-state index contributed by atoms with van der Waals surface area (Å²) in [4.78, 5) is 31.5. The van der Waals surface area contributed by atoms with Crippen LogP contribution in [0.4, 0.5) is 10.8 Å². The van der Waals surface area contributed by atoms with Gasteiger partial charge in [-0.25, -0.2) is 4.98 Å². The van der Waals surface area contributed by atoms with Gasteiger partial charge >= 0.3 is 0 Å². The van der Waals surface area contributed by atoms with Crippen molar-refractivity contribution in [3.8, 4) is 11.5 Å². The Hall–Kier alpha value is -3.13. The lowest BCUT2D eigenvalue weighted by molar-refractivity contribution is -0.122. The van der Waals surface area contributed by atoms with Gasteiger partial charge in [0.2, 0.25) is 18.6 Å². The minimum Gasteiger partial charge on any atom is -0.454 e. The summed E-state index contributed by atoms with van der Waals surface area (Å²) in [5.74, 6) is 0.581. The van der Waals surface area contributed by atoms with Crippen LogP contribution in [0.1, 0.15) is 17.5 Å². The number of nitrogens with one attached hydrogen (secondary N) is 1. The number of amides is 2. The third-order valence-electron chi connectivity index (χ3n) is 5.34. The molecule has 0 aliphatic carbocycles. The van der Waals surface area contributed by atoms with Crippen molar-refractivity contribution in [2.24, 2.45) is 5.92 Å². The van der Waals surface area contributed by atoms with E-state index in [-0.39, 0.29) is 25.0 Å². The minimum absolute atomic E-state index is 0.0833. The second-order valence-corrected chi connectivity index (χ2v) is 8.33. The predicted octanol–water partition coefficient (Wildman–Crippen LogP) is 3.63. The van der Waals surface area contributed by atoms with E-state index in [4.69, 9.17) is 9.47 Å². The van der Waals surface area contributed by atoms with Crippen molar-refractivity contribution in [2.45, 2.75) is 20.3 Å². The van der Waals surface area contributed by atoms with Gasteiger partial charge in [0.1, 0.15) is 0 Å². The SMILES string of the molecule is Cc1ccc(C)c2sc(NC(=O)[C@H]3CC(=O)N(c4ccc5c(c4)OCO5)C3)nc12. The van der Waals surface area contributed by atoms with Crippen LogP contribution in [0.2, 0.25) is 0 Å². The first-order valence-corrected chi connectivity index (χ1v) is 10.2. The van der Waals surface area contributed by atoms with E-state index in [9.17, 15) is 9.59 Å². The molecule has 0 radical (unpaired) electrons. The number of aromatic nitrogens is 1. The van der Waals surface area contributed by atoms with Crippen LogP contribution < -0.4 is 19.7 Å². The number of ether oxygens (including phenoxy) is 2. The van der Waals surface area contributed by atoms with Crippen molar-refractivity contribution >= 4 is 44.2 Å². The van der Waals surface area contributed by atoms with Gasteiger partial charge in [0.25, 0.3) is 0 Å². The lowest BCUT2D eigenvalue weighted by atomic mass is 10.1. The van der Waals surface area contributed by atoms with E-state index >= 15 is 0 Å². The molecule has 7 nitrogen and oxygen atoms in total. The van der Waals surface area contributed by atoms with Gasteiger partial charge in [0.05, 0.1) is 16.1 Å². The van der Waals surface area contributed by atoms with Crippen LogP contribution in [0.5, 0.6) is 11.5 Å². The fourth-order valence-corrected chi connectivity index (χ4v) is 4.72. The number of carbonyl (C=O) groups excluding carboxylic acids is 2. The zero-order valence-electron chi connectivity index (χ0n) is 16.0. The van der Waals surface area contributed by atoms with Gasteiger partial charge in [-0.15, -0.1) is 0 Å². The fraction of sp³-hybridized carbons (Fsp3) is 0.286. The molecule has 29 heavy (non-hydrogen) atoms. The second-order valence-electron chi connectivity index (χ2n) is 7.33. The first-order valence-electron chi connectivity index (χ1n) is 9.37. The van der Waals surface area contributed by atoms with Gasteiger partial charge in [0, 0.05) is 24.7 Å². The maximum Gasteiger partial charge on any atom is 0.231 e. The molecule has 2 aromatic carbocycles. The first-order chi connectivity index (χ1) is 14.0. The number of aryl methyl sites for hydroxylation is 2. The molecule has 2 aliphatic rings. The average Bonchev–Trinajstić information content (AvgIpc) is 3.42. The molecule has 0 unspecified atom stereocenters. The Morgan fingerprint density at radius 3 is 2.79 bits per heavy atom. The highest BCUT2D eigenvalue weighted by Gasteiger charge is 2.36. The van der Waals surface area contributed by atoms with Crippen molar-refractivity contribution in [1.29, 1.82) is 0 Å². The topological polar surface area (TPSA) is 80.8 Å². The molecule has 1 atom stereocenters. The molecule has 5 rings (SSSR count). The number of hydrogen-bond acceptors (Lipinski definition) is 6. The Kier molecular flexibility index (Phi) is 4.16. The number of benzene rings is 2. The van der Waals surface area contributed by atoms with E-state index in [0.29, 0.717) is 28.9 Å². The molecular weight excluding hydrogens is 390 g/mol. The van der Waals surface area contributed by atoms with Crippen molar-refractivity contribution in [2.75, 3.05) is 23.6 Å². The number of hydrogen-bond donors (Lipinski definition) is 1. The number of rotatable bonds is 3. The minimum atomic E-state index is -0.429. The number of fused-ring (bicyclic) bond motifs is 2. The molecule has 8 heteroatoms. The Labute approximate surface area is 171 Å². The smallest absolute Gasteiger partial charge is 0.231 e. The molecule has 1 N–H and O–H groups in total. The van der Waals surface area contributed by atoms with Gasteiger partial charge in [-0.05, 0) is 37.1 Å². The van der Waals surface area contributed by atoms with Crippen LogP contribution in [0.3, 0.4) is 0 Å². The Morgan fingerprint density at radius 1 is 1.17 bits per heavy atom. The van der Waals surface area contributed by atoms with Gasteiger partial charge in [-0.1, -0.05) is 23.5 Å². The Morgan fingerprint density at radius 2 is 1.97 bits per heavy atom. The fourth-order valence-electron chi connectivity index (χ4n) is 3.71. The molecule has 3 heterocycles. The van der Waals surface area contributed by atoms with Crippen LogP contribution >= 0.6 is 11.3 Å². The monoisotopic (exact) mass is 409 g/mol. The summed E-state index contributed by atoms with van der Waals surface area (Å²) in [5, 5.41) is 3.47. The summed E-state index contributed by atoms with van der Waals surface area (Å²) >= 11 is 1.46. The van der Waals surface area contributed by atoms with Crippen LogP contribution in [0.15, 0.2) is 30.3 Å². The zero-order valence-corrected chi connectivity index (χ0v) is 16.8. The van der Waals surface area contributed by atoms with Gasteiger partial charge in [-0.3, -0.25) is 9.59 Å². The number of carbonyl (C=O) groups is 2. The first kappa shape index (κ1) is 17.9. The van der Waals surface area contributed by atoms with E-state index in [2.05, 4.69) is 16.4 Å². The second kappa shape index (κ2) is 6.73. The molecule has 2 amide bonds. The normalized spacial score (nSPS) is 17.9. The molecule has 1 fully saturated rings. The molecule has 1 aromatic heterocycles. The molecule has 3 aromatic rings. The Bertz CT molecular complexity index is 1120. The van der Waals surface area contributed by atoms with Crippen molar-refractivity contribution < 1.29 is 19.1 Å². The van der Waals surface area contributed by atoms with Gasteiger partial charge in [0.15, 0.2) is 16.6 Å². The summed E-state index contributed by atoms with van der Waals surface area (Å²) in [6, 6.07) is 9.46. The zero-order chi connectivity index (χ0) is 20.1. The van der Waals surface area contributed by atoms with E-state index < -0.39 is 5.92 Å². The standard InChI is InChI=1S/C21H19N3O4S/c1-11-3-4-12(2)19-18(11)22-21(29-19)23-20(26)13-7-17(25)24(9-13)14-5-6-15-16(8-14)28-10-27-15/h3-6,8,13H,7,9-10H2,1-2H3,(H,22,23,26)/t13-/m0/s1. The summed E-state index contributed by atoms with van der Waals surface area (Å²) in [7, 11) is 0. The van der Waals surface area contributed by atoms with E-state index in [0.717, 1.165) is 21.3 Å². The third kappa shape index (κ3) is 3.09. The van der Waals surface area contributed by atoms with E-state index in [1.807, 2.05) is 26.0 Å². The molecule has 2 aliphatic heterocycles. The predicted molar refractivity (Wildman–Crippen MR) is 111 cm³/mol. The summed E-state index contributed by atoms with van der Waals surface area (Å²) in [6.45, 7) is 4.54. The van der Waals surface area contributed by atoms with Crippen molar-refractivity contribution in [1.82, 2.24) is 4.98 Å². The number of anilines is 2. The maximum absolute atomic E-state index is 12.8. The molecule has 0 bridgehead atoms. The van der Waals surface area contributed by atoms with Crippen molar-refractivity contribution in [3.63, 3.8) is 0 Å². The average molecular weight is 409 g/mol. The number of nitrogens with zero attached hydrogens (tertiary/aromatic N) is 2. The summed E-state index contributed by atoms with van der Waals surface area (Å²) in [5.41, 5.74) is 3.83. The van der Waals surface area contributed by atoms with Gasteiger partial charge in [-0.2, -0.15) is 0 Å². The maximum atomic E-state index is 12.8. The van der Waals surface area contributed by atoms with Crippen molar-refractivity contribution in [3.05, 3.63) is 41.5 Å². The van der Waals surface area contributed by atoms with Crippen LogP contribution in [-0.2, 0) is 9.59 Å². The summed E-state index contributed by atoms with van der Waals surface area (Å²) < 4.78 is 11.8. The number of thiazole rings is 1. The summed E-state index contributed by atoms with van der Waals surface area (Å²) in [6.07, 6.45) is 0.170. The van der Waals surface area contributed by atoms with Gasteiger partial charge < -0.3 is 19.7 Å². The molecule has 0 spiro atoms. The highest BCUT2D eigenvalue weighted by atomic mass is 32.1. The Balaban J connectivity index is 1.33. The third-order valence-corrected chi connectivity index (χ3v) is 6.44. The van der Waals surface area contributed by atoms with E-state index in [1.165, 1.54) is 11.3 Å². The van der Waals surface area contributed by atoms with E-state index in [1.54, 1.807) is 17.0 Å². The lowest BCUT2D eigenvalue weighted by Gasteiger charge is -2.17. The molecule has 1 saturated heterocycles.